The molecule has 0 saturated heterocycles. The van der Waals surface area contributed by atoms with Gasteiger partial charge in [0, 0.05) is 13.1 Å². The number of hydrogen-bond donors (Lipinski definition) is 2. The van der Waals surface area contributed by atoms with E-state index in [-0.39, 0.29) is 5.82 Å². The van der Waals surface area contributed by atoms with Gasteiger partial charge in [-0.05, 0) is 32.0 Å². The van der Waals surface area contributed by atoms with Crippen molar-refractivity contribution in [2.24, 2.45) is 5.73 Å². The van der Waals surface area contributed by atoms with Crippen molar-refractivity contribution in [3.05, 3.63) is 41.5 Å². The molecule has 0 unspecified atom stereocenters. The Balaban J connectivity index is 2.40. The van der Waals surface area contributed by atoms with Gasteiger partial charge in [-0.1, -0.05) is 6.07 Å². The van der Waals surface area contributed by atoms with Crippen molar-refractivity contribution in [2.45, 2.75) is 13.8 Å². The van der Waals surface area contributed by atoms with E-state index >= 15 is 0 Å². The zero-order valence-corrected chi connectivity index (χ0v) is 10.6. The molecule has 0 bridgehead atoms. The monoisotopic (exact) mass is 248 g/mol. The van der Waals surface area contributed by atoms with Gasteiger partial charge in [-0.25, -0.2) is 9.07 Å². The van der Waals surface area contributed by atoms with Crippen LogP contribution in [0.25, 0.3) is 5.69 Å². The highest BCUT2D eigenvalue weighted by atomic mass is 19.1. The van der Waals surface area contributed by atoms with Crippen LogP contribution in [0, 0.1) is 19.7 Å². The van der Waals surface area contributed by atoms with E-state index in [9.17, 15) is 4.39 Å². The van der Waals surface area contributed by atoms with Crippen molar-refractivity contribution in [1.29, 1.82) is 0 Å². The highest BCUT2D eigenvalue weighted by Crippen LogP contribution is 2.22. The minimum Gasteiger partial charge on any atom is -0.381 e. The molecule has 0 radical (unpaired) electrons. The van der Waals surface area contributed by atoms with E-state index in [1.807, 2.05) is 19.9 Å². The van der Waals surface area contributed by atoms with Crippen LogP contribution in [0.15, 0.2) is 24.3 Å². The Labute approximate surface area is 106 Å². The maximum absolute atomic E-state index is 13.2. The van der Waals surface area contributed by atoms with Crippen LogP contribution in [-0.4, -0.2) is 22.9 Å². The summed E-state index contributed by atoms with van der Waals surface area (Å²) in [6, 6.07) is 6.39. The minimum atomic E-state index is -0.267. The standard InChI is InChI=1S/C13H17FN4/c1-9-13(16-7-6-15)10(2)18(17-9)12-5-3-4-11(14)8-12/h3-5,8,16H,6-7,15H2,1-2H3. The molecule has 0 atom stereocenters. The van der Waals surface area contributed by atoms with Gasteiger partial charge in [0.2, 0.25) is 0 Å². The van der Waals surface area contributed by atoms with E-state index < -0.39 is 0 Å². The Kier molecular flexibility index (Phi) is 3.62. The number of nitrogens with zero attached hydrogens (tertiary/aromatic N) is 2. The van der Waals surface area contributed by atoms with Crippen molar-refractivity contribution < 1.29 is 4.39 Å². The second-order valence-electron chi connectivity index (χ2n) is 4.15. The first-order valence-corrected chi connectivity index (χ1v) is 5.89. The summed E-state index contributed by atoms with van der Waals surface area (Å²) in [6.07, 6.45) is 0. The summed E-state index contributed by atoms with van der Waals surface area (Å²) < 4.78 is 15.0. The Morgan fingerprint density at radius 1 is 1.39 bits per heavy atom. The van der Waals surface area contributed by atoms with Gasteiger partial charge in [0.25, 0.3) is 0 Å². The lowest BCUT2D eigenvalue weighted by molar-refractivity contribution is 0.625. The van der Waals surface area contributed by atoms with Crippen LogP contribution in [0.1, 0.15) is 11.4 Å². The number of nitrogens with one attached hydrogen (secondary N) is 1. The molecule has 0 aliphatic heterocycles. The molecule has 1 heterocycles. The molecule has 4 nitrogen and oxygen atoms in total. The third-order valence-corrected chi connectivity index (χ3v) is 2.79. The number of halogens is 1. The molecule has 1 aromatic heterocycles. The van der Waals surface area contributed by atoms with Crippen molar-refractivity contribution in [3.63, 3.8) is 0 Å². The Bertz CT molecular complexity index is 548. The van der Waals surface area contributed by atoms with Gasteiger partial charge in [0.05, 0.1) is 22.8 Å². The summed E-state index contributed by atoms with van der Waals surface area (Å²) >= 11 is 0. The largest absolute Gasteiger partial charge is 0.381 e. The Hall–Kier alpha value is -1.88. The quantitative estimate of drug-likeness (QED) is 0.870. The van der Waals surface area contributed by atoms with Crippen LogP contribution < -0.4 is 11.1 Å². The van der Waals surface area contributed by atoms with Gasteiger partial charge in [0.1, 0.15) is 5.82 Å². The van der Waals surface area contributed by atoms with Crippen molar-refractivity contribution in [2.75, 3.05) is 18.4 Å². The van der Waals surface area contributed by atoms with Crippen molar-refractivity contribution in [3.8, 4) is 5.69 Å². The fraction of sp³-hybridized carbons (Fsp3) is 0.308. The van der Waals surface area contributed by atoms with E-state index in [2.05, 4.69) is 10.4 Å². The lowest BCUT2D eigenvalue weighted by atomic mass is 10.3. The predicted molar refractivity (Wildman–Crippen MR) is 70.5 cm³/mol. The molecular weight excluding hydrogens is 231 g/mol. The number of aryl methyl sites for hydroxylation is 1. The molecule has 0 aliphatic carbocycles. The molecule has 96 valence electrons. The average Bonchev–Trinajstić information content (AvgIpc) is 2.63. The van der Waals surface area contributed by atoms with E-state index in [0.29, 0.717) is 13.1 Å². The van der Waals surface area contributed by atoms with Gasteiger partial charge >= 0.3 is 0 Å². The Morgan fingerprint density at radius 2 is 2.17 bits per heavy atom. The molecule has 3 N–H and O–H groups in total. The molecule has 1 aromatic carbocycles. The Morgan fingerprint density at radius 3 is 2.83 bits per heavy atom. The van der Waals surface area contributed by atoms with E-state index in [0.717, 1.165) is 22.8 Å². The topological polar surface area (TPSA) is 55.9 Å². The number of nitrogens with two attached hydrogens (primary N) is 1. The second kappa shape index (κ2) is 5.18. The van der Waals surface area contributed by atoms with Gasteiger partial charge in [-0.3, -0.25) is 0 Å². The van der Waals surface area contributed by atoms with Crippen LogP contribution in [0.4, 0.5) is 10.1 Å². The molecule has 0 fully saturated rings. The minimum absolute atomic E-state index is 0.267. The van der Waals surface area contributed by atoms with Crippen LogP contribution in [-0.2, 0) is 0 Å². The van der Waals surface area contributed by atoms with E-state index in [1.54, 1.807) is 10.7 Å². The maximum atomic E-state index is 13.2. The van der Waals surface area contributed by atoms with E-state index in [1.165, 1.54) is 12.1 Å². The molecule has 0 saturated carbocycles. The molecule has 0 spiro atoms. The maximum Gasteiger partial charge on any atom is 0.125 e. The normalized spacial score (nSPS) is 10.7. The summed E-state index contributed by atoms with van der Waals surface area (Å²) in [5, 5.41) is 7.65. The zero-order chi connectivity index (χ0) is 13.1. The molecule has 0 aliphatic rings. The fourth-order valence-electron chi connectivity index (χ4n) is 1.95. The molecule has 0 amide bonds. The zero-order valence-electron chi connectivity index (χ0n) is 10.6. The molecule has 2 aromatic rings. The highest BCUT2D eigenvalue weighted by Gasteiger charge is 2.12. The number of hydrogen-bond acceptors (Lipinski definition) is 3. The highest BCUT2D eigenvalue weighted by molar-refractivity contribution is 5.54. The van der Waals surface area contributed by atoms with Crippen molar-refractivity contribution in [1.82, 2.24) is 9.78 Å². The van der Waals surface area contributed by atoms with Gasteiger partial charge in [-0.2, -0.15) is 5.10 Å². The number of benzene rings is 1. The summed E-state index contributed by atoms with van der Waals surface area (Å²) in [5.41, 5.74) is 8.99. The molecule has 2 rings (SSSR count). The second-order valence-corrected chi connectivity index (χ2v) is 4.15. The first-order chi connectivity index (χ1) is 8.63. The van der Waals surface area contributed by atoms with Crippen LogP contribution in [0.3, 0.4) is 0 Å². The lowest BCUT2D eigenvalue weighted by Crippen LogP contribution is -2.14. The summed E-state index contributed by atoms with van der Waals surface area (Å²) in [7, 11) is 0. The molecule has 18 heavy (non-hydrogen) atoms. The number of aromatic nitrogens is 2. The van der Waals surface area contributed by atoms with Gasteiger partial charge < -0.3 is 11.1 Å². The van der Waals surface area contributed by atoms with Crippen LogP contribution in [0.5, 0.6) is 0 Å². The van der Waals surface area contributed by atoms with Gasteiger partial charge in [0.15, 0.2) is 0 Å². The lowest BCUT2D eigenvalue weighted by Gasteiger charge is -2.06. The summed E-state index contributed by atoms with van der Waals surface area (Å²) in [6.45, 7) is 5.12. The average molecular weight is 248 g/mol. The number of anilines is 1. The van der Waals surface area contributed by atoms with Crippen LogP contribution >= 0.6 is 0 Å². The third-order valence-electron chi connectivity index (χ3n) is 2.79. The smallest absolute Gasteiger partial charge is 0.125 e. The molecular formula is C13H17FN4. The number of rotatable bonds is 4. The molecule has 5 heteroatoms. The van der Waals surface area contributed by atoms with Crippen molar-refractivity contribution >= 4 is 5.69 Å². The summed E-state index contributed by atoms with van der Waals surface area (Å²) in [4.78, 5) is 0. The first-order valence-electron chi connectivity index (χ1n) is 5.89. The van der Waals surface area contributed by atoms with Crippen LogP contribution in [0.2, 0.25) is 0 Å². The summed E-state index contributed by atoms with van der Waals surface area (Å²) in [5.74, 6) is -0.267. The third kappa shape index (κ3) is 2.36. The fourth-order valence-corrected chi connectivity index (χ4v) is 1.95. The van der Waals surface area contributed by atoms with E-state index in [4.69, 9.17) is 5.73 Å². The predicted octanol–water partition coefficient (Wildman–Crippen LogP) is 2.00. The van der Waals surface area contributed by atoms with Gasteiger partial charge in [-0.15, -0.1) is 0 Å². The SMILES string of the molecule is Cc1nn(-c2cccc(F)c2)c(C)c1NCCN. The first kappa shape index (κ1) is 12.6.